The molecule has 0 radical (unpaired) electrons. The summed E-state index contributed by atoms with van der Waals surface area (Å²) in [5, 5.41) is 5.23. The number of aromatic nitrogens is 1. The van der Waals surface area contributed by atoms with Gasteiger partial charge in [0.25, 0.3) is 11.8 Å². The summed E-state index contributed by atoms with van der Waals surface area (Å²) in [5.41, 5.74) is 3.10. The first-order chi connectivity index (χ1) is 12.5. The van der Waals surface area contributed by atoms with Crippen molar-refractivity contribution in [2.45, 2.75) is 13.8 Å². The van der Waals surface area contributed by atoms with Gasteiger partial charge in [0.15, 0.2) is 0 Å². The lowest BCUT2D eigenvalue weighted by atomic mass is 10.2. The van der Waals surface area contributed by atoms with Crippen LogP contribution in [0.1, 0.15) is 32.5 Å². The molecule has 0 aliphatic heterocycles. The highest BCUT2D eigenvalue weighted by molar-refractivity contribution is 7.17. The minimum absolute atomic E-state index is 0.157. The smallest absolute Gasteiger partial charge is 0.414 e. The van der Waals surface area contributed by atoms with Crippen LogP contribution in [0.25, 0.3) is 10.2 Å². The molecule has 2 N–H and O–H groups in total. The number of ether oxygens (including phenoxy) is 1. The highest BCUT2D eigenvalue weighted by atomic mass is 32.1. The molecule has 0 saturated heterocycles. The lowest BCUT2D eigenvalue weighted by Gasteiger charge is -2.07. The highest BCUT2D eigenvalue weighted by Gasteiger charge is 2.20. The molecular weight excluding hydrogens is 374 g/mol. The van der Waals surface area contributed by atoms with Gasteiger partial charge in [-0.15, -0.1) is 22.7 Å². The minimum atomic E-state index is -0.826. The van der Waals surface area contributed by atoms with E-state index in [9.17, 15) is 14.4 Å². The molecule has 0 aliphatic carbocycles. The molecule has 3 amide bonds. The van der Waals surface area contributed by atoms with E-state index >= 15 is 0 Å². The summed E-state index contributed by atoms with van der Waals surface area (Å²) in [4.78, 5) is 41.3. The van der Waals surface area contributed by atoms with Crippen molar-refractivity contribution in [2.75, 3.05) is 11.9 Å². The minimum Gasteiger partial charge on any atom is -0.450 e. The van der Waals surface area contributed by atoms with E-state index in [1.165, 1.54) is 22.7 Å². The lowest BCUT2D eigenvalue weighted by Crippen LogP contribution is -2.31. The first kappa shape index (κ1) is 18.0. The predicted molar refractivity (Wildman–Crippen MR) is 101 cm³/mol. The van der Waals surface area contributed by atoms with Crippen LogP contribution in [-0.4, -0.2) is 29.5 Å². The van der Waals surface area contributed by atoms with Crippen molar-refractivity contribution in [2.24, 2.45) is 0 Å². The number of rotatable bonds is 4. The predicted octanol–water partition coefficient (Wildman–Crippen LogP) is 3.80. The van der Waals surface area contributed by atoms with Gasteiger partial charge in [0.05, 0.1) is 27.9 Å². The fourth-order valence-electron chi connectivity index (χ4n) is 2.28. The number of thiophene rings is 1. The van der Waals surface area contributed by atoms with Gasteiger partial charge < -0.3 is 10.1 Å². The Morgan fingerprint density at radius 1 is 1.19 bits per heavy atom. The largest absolute Gasteiger partial charge is 0.450 e. The third kappa shape index (κ3) is 3.89. The molecule has 2 aromatic heterocycles. The number of hydrogen-bond acceptors (Lipinski definition) is 7. The Morgan fingerprint density at radius 2 is 2.00 bits per heavy atom. The summed E-state index contributed by atoms with van der Waals surface area (Å²) in [6.45, 7) is 3.61. The number of carbonyl (C=O) groups excluding carboxylic acids is 3. The first-order valence-corrected chi connectivity index (χ1v) is 9.40. The highest BCUT2D eigenvalue weighted by Crippen LogP contribution is 2.28. The van der Waals surface area contributed by atoms with Gasteiger partial charge in [0, 0.05) is 10.4 Å². The molecular formula is C17H15N3O4S2. The van der Waals surface area contributed by atoms with Crippen molar-refractivity contribution in [3.63, 3.8) is 0 Å². The van der Waals surface area contributed by atoms with Crippen LogP contribution >= 0.6 is 22.7 Å². The number of thiazole rings is 1. The number of benzene rings is 1. The molecule has 0 fully saturated rings. The number of anilines is 1. The summed E-state index contributed by atoms with van der Waals surface area (Å²) in [7, 11) is 0. The molecule has 0 unspecified atom stereocenters. The van der Waals surface area contributed by atoms with E-state index in [1.807, 2.05) is 13.0 Å². The SMILES string of the molecule is CCOC(=O)NC(=O)c1cc(C)sc1NC(=O)c1ccc2scnc2c1. The summed E-state index contributed by atoms with van der Waals surface area (Å²) in [6, 6.07) is 6.84. The van der Waals surface area contributed by atoms with Crippen LogP contribution in [0.5, 0.6) is 0 Å². The van der Waals surface area contributed by atoms with E-state index in [-0.39, 0.29) is 18.1 Å². The number of nitrogens with zero attached hydrogens (tertiary/aromatic N) is 1. The quantitative estimate of drug-likeness (QED) is 0.707. The molecule has 3 aromatic rings. The maximum atomic E-state index is 12.5. The van der Waals surface area contributed by atoms with Crippen LogP contribution in [0.3, 0.4) is 0 Å². The van der Waals surface area contributed by atoms with Gasteiger partial charge >= 0.3 is 6.09 Å². The molecule has 26 heavy (non-hydrogen) atoms. The van der Waals surface area contributed by atoms with E-state index in [0.717, 1.165) is 15.1 Å². The molecule has 134 valence electrons. The molecule has 0 saturated carbocycles. The average molecular weight is 389 g/mol. The third-order valence-electron chi connectivity index (χ3n) is 3.41. The Kier molecular flexibility index (Phi) is 5.29. The van der Waals surface area contributed by atoms with Crippen LogP contribution in [0.2, 0.25) is 0 Å². The van der Waals surface area contributed by atoms with Gasteiger partial charge in [0.2, 0.25) is 0 Å². The summed E-state index contributed by atoms with van der Waals surface area (Å²) >= 11 is 2.75. The second kappa shape index (κ2) is 7.63. The number of carbonyl (C=O) groups is 3. The zero-order valence-electron chi connectivity index (χ0n) is 14.0. The molecule has 1 aromatic carbocycles. The summed E-state index contributed by atoms with van der Waals surface area (Å²) in [5.74, 6) is -0.981. The van der Waals surface area contributed by atoms with Crippen molar-refractivity contribution in [3.8, 4) is 0 Å². The summed E-state index contributed by atoms with van der Waals surface area (Å²) < 4.78 is 5.69. The fourth-order valence-corrected chi connectivity index (χ4v) is 3.84. The van der Waals surface area contributed by atoms with Crippen LogP contribution in [0.15, 0.2) is 29.8 Å². The zero-order chi connectivity index (χ0) is 18.7. The van der Waals surface area contributed by atoms with Crippen LogP contribution in [-0.2, 0) is 4.74 Å². The molecule has 0 spiro atoms. The Morgan fingerprint density at radius 3 is 2.77 bits per heavy atom. The van der Waals surface area contributed by atoms with Crippen LogP contribution in [0.4, 0.5) is 9.80 Å². The number of hydrogen-bond donors (Lipinski definition) is 2. The molecule has 0 atom stereocenters. The topological polar surface area (TPSA) is 97.4 Å². The normalized spacial score (nSPS) is 10.5. The number of fused-ring (bicyclic) bond motifs is 1. The van der Waals surface area contributed by atoms with Gasteiger partial charge in [-0.3, -0.25) is 14.9 Å². The number of aryl methyl sites for hydroxylation is 1. The van der Waals surface area contributed by atoms with E-state index < -0.39 is 12.0 Å². The van der Waals surface area contributed by atoms with Gasteiger partial charge in [0.1, 0.15) is 5.00 Å². The molecule has 0 aliphatic rings. The van der Waals surface area contributed by atoms with E-state index in [0.29, 0.717) is 10.6 Å². The van der Waals surface area contributed by atoms with Crippen molar-refractivity contribution < 1.29 is 19.1 Å². The van der Waals surface area contributed by atoms with Crippen molar-refractivity contribution in [1.82, 2.24) is 10.3 Å². The van der Waals surface area contributed by atoms with Gasteiger partial charge in [-0.1, -0.05) is 0 Å². The van der Waals surface area contributed by atoms with E-state index in [2.05, 4.69) is 15.6 Å². The molecule has 2 heterocycles. The lowest BCUT2D eigenvalue weighted by molar-refractivity contribution is 0.0926. The Labute approximate surface area is 157 Å². The van der Waals surface area contributed by atoms with Crippen molar-refractivity contribution >= 4 is 55.8 Å². The fraction of sp³-hybridized carbons (Fsp3) is 0.176. The monoisotopic (exact) mass is 389 g/mol. The molecule has 9 heteroatoms. The maximum absolute atomic E-state index is 12.5. The Bertz CT molecular complexity index is 993. The maximum Gasteiger partial charge on any atom is 0.414 e. The Balaban J connectivity index is 1.79. The second-order valence-electron chi connectivity index (χ2n) is 5.26. The van der Waals surface area contributed by atoms with Gasteiger partial charge in [-0.05, 0) is 38.1 Å². The number of alkyl carbamates (subject to hydrolysis) is 1. The first-order valence-electron chi connectivity index (χ1n) is 7.71. The third-order valence-corrected chi connectivity index (χ3v) is 5.19. The zero-order valence-corrected chi connectivity index (χ0v) is 15.6. The Hall–Kier alpha value is -2.78. The number of nitrogens with one attached hydrogen (secondary N) is 2. The number of amides is 3. The van der Waals surface area contributed by atoms with Crippen LogP contribution in [0, 0.1) is 6.92 Å². The van der Waals surface area contributed by atoms with E-state index in [4.69, 9.17) is 4.74 Å². The van der Waals surface area contributed by atoms with Gasteiger partial charge in [-0.25, -0.2) is 9.78 Å². The molecule has 0 bridgehead atoms. The summed E-state index contributed by atoms with van der Waals surface area (Å²) in [6.07, 6.45) is -0.826. The van der Waals surface area contributed by atoms with E-state index in [1.54, 1.807) is 30.6 Å². The second-order valence-corrected chi connectivity index (χ2v) is 7.41. The van der Waals surface area contributed by atoms with Crippen LogP contribution < -0.4 is 10.6 Å². The average Bonchev–Trinajstić information content (AvgIpc) is 3.20. The molecule has 3 rings (SSSR count). The standard InChI is InChI=1S/C17H15N3O4S2/c1-3-24-17(23)20-15(22)11-6-9(2)26-16(11)19-14(21)10-4-5-13-12(7-10)18-8-25-13/h4-8H,3H2,1-2H3,(H,19,21)(H,20,22,23). The number of imide groups is 1. The molecule has 7 nitrogen and oxygen atoms in total. The van der Waals surface area contributed by atoms with Gasteiger partial charge in [-0.2, -0.15) is 0 Å². The van der Waals surface area contributed by atoms with Crippen molar-refractivity contribution in [1.29, 1.82) is 0 Å². The van der Waals surface area contributed by atoms with Crippen molar-refractivity contribution in [3.05, 3.63) is 45.8 Å².